The second kappa shape index (κ2) is 8.52. The number of aliphatic carboxylic acids is 1. The van der Waals surface area contributed by atoms with Crippen LogP contribution < -0.4 is 11.1 Å². The molecule has 6 heteroatoms. The maximum absolute atomic E-state index is 12.6. The predicted molar refractivity (Wildman–Crippen MR) is 96.9 cm³/mol. The number of amides is 1. The minimum atomic E-state index is -1.09. The van der Waals surface area contributed by atoms with Crippen molar-refractivity contribution >= 4 is 23.6 Å². The first kappa shape index (κ1) is 18.0. The van der Waals surface area contributed by atoms with Gasteiger partial charge in [0.2, 0.25) is 0 Å². The molecule has 0 saturated heterocycles. The lowest BCUT2D eigenvalue weighted by Gasteiger charge is -2.18. The number of hydrogen-bond donors (Lipinski definition) is 3. The summed E-state index contributed by atoms with van der Waals surface area (Å²) in [6, 6.07) is 15.6. The van der Waals surface area contributed by atoms with Crippen molar-refractivity contribution in [2.45, 2.75) is 17.8 Å². The molecule has 2 unspecified atom stereocenters. The van der Waals surface area contributed by atoms with Crippen molar-refractivity contribution in [1.29, 1.82) is 0 Å². The Hall–Kier alpha value is -2.31. The highest BCUT2D eigenvalue weighted by Crippen LogP contribution is 2.23. The van der Waals surface area contributed by atoms with Crippen molar-refractivity contribution in [3.63, 3.8) is 0 Å². The van der Waals surface area contributed by atoms with Crippen LogP contribution in [0.25, 0.3) is 11.1 Å². The van der Waals surface area contributed by atoms with Gasteiger partial charge in [-0.3, -0.25) is 4.79 Å². The van der Waals surface area contributed by atoms with Crippen molar-refractivity contribution in [2.24, 2.45) is 5.73 Å². The largest absolute Gasteiger partial charge is 0.480 e. The maximum atomic E-state index is 12.6. The summed E-state index contributed by atoms with van der Waals surface area (Å²) >= 11 is 1.36. The van der Waals surface area contributed by atoms with E-state index in [0.717, 1.165) is 11.1 Å². The van der Waals surface area contributed by atoms with Crippen LogP contribution in [0, 0.1) is 0 Å². The molecule has 5 nitrogen and oxygen atoms in total. The van der Waals surface area contributed by atoms with Crippen molar-refractivity contribution in [3.8, 4) is 11.1 Å². The lowest BCUT2D eigenvalue weighted by Crippen LogP contribution is -2.44. The molecule has 24 heavy (non-hydrogen) atoms. The van der Waals surface area contributed by atoms with E-state index in [4.69, 9.17) is 5.73 Å². The van der Waals surface area contributed by atoms with Gasteiger partial charge >= 0.3 is 5.97 Å². The van der Waals surface area contributed by atoms with Crippen LogP contribution in [0.2, 0.25) is 0 Å². The number of nitrogens with two attached hydrogens (primary N) is 1. The fraction of sp³-hybridized carbons (Fsp3) is 0.222. The molecule has 0 aromatic heterocycles. The number of hydrogen-bond acceptors (Lipinski definition) is 4. The zero-order chi connectivity index (χ0) is 17.5. The van der Waals surface area contributed by atoms with Crippen molar-refractivity contribution in [2.75, 3.05) is 6.26 Å². The van der Waals surface area contributed by atoms with Gasteiger partial charge in [0.05, 0.1) is 5.37 Å². The Morgan fingerprint density at radius 1 is 1.12 bits per heavy atom. The van der Waals surface area contributed by atoms with Crippen molar-refractivity contribution < 1.29 is 14.7 Å². The lowest BCUT2D eigenvalue weighted by atomic mass is 9.99. The van der Waals surface area contributed by atoms with E-state index in [1.54, 1.807) is 18.4 Å². The molecule has 0 aliphatic heterocycles. The Labute approximate surface area is 145 Å². The molecule has 0 heterocycles. The van der Waals surface area contributed by atoms with Gasteiger partial charge in [-0.05, 0) is 23.4 Å². The first-order valence-corrected chi connectivity index (χ1v) is 8.78. The van der Waals surface area contributed by atoms with Gasteiger partial charge in [0.1, 0.15) is 6.04 Å². The van der Waals surface area contributed by atoms with E-state index in [2.05, 4.69) is 5.32 Å². The third-order valence-corrected chi connectivity index (χ3v) is 4.43. The molecule has 2 rings (SSSR count). The Bertz CT molecular complexity index is 706. The zero-order valence-electron chi connectivity index (χ0n) is 13.3. The fourth-order valence-corrected chi connectivity index (χ4v) is 2.72. The quantitative estimate of drug-likeness (QED) is 0.671. The number of carbonyl (C=O) groups excluding carboxylic acids is 1. The second-order valence-electron chi connectivity index (χ2n) is 5.29. The molecule has 0 fully saturated rings. The van der Waals surface area contributed by atoms with Crippen molar-refractivity contribution in [3.05, 3.63) is 60.2 Å². The Kier molecular flexibility index (Phi) is 6.40. The fourth-order valence-electron chi connectivity index (χ4n) is 2.34. The smallest absolute Gasteiger partial charge is 0.326 e. The van der Waals surface area contributed by atoms with E-state index in [-0.39, 0.29) is 11.8 Å². The predicted octanol–water partition coefficient (Wildman–Crippen LogP) is 2.57. The van der Waals surface area contributed by atoms with Crippen LogP contribution in [0.5, 0.6) is 0 Å². The minimum Gasteiger partial charge on any atom is -0.480 e. The van der Waals surface area contributed by atoms with Gasteiger partial charge in [-0.25, -0.2) is 4.79 Å². The summed E-state index contributed by atoms with van der Waals surface area (Å²) in [7, 11) is 0. The standard InChI is InChI=1S/C18H20N2O3S/c1-24-16(19)11-15(18(22)23)20-17(21)14-10-6-5-9-13(14)12-7-3-2-4-8-12/h2-10,15-16H,11,19H2,1H3,(H,20,21)(H,22,23). The third-order valence-electron chi connectivity index (χ3n) is 3.63. The van der Waals surface area contributed by atoms with Crippen LogP contribution in [0.4, 0.5) is 0 Å². The van der Waals surface area contributed by atoms with Crippen molar-refractivity contribution in [1.82, 2.24) is 5.32 Å². The van der Waals surface area contributed by atoms with Gasteiger partial charge in [-0.1, -0.05) is 48.5 Å². The highest BCUT2D eigenvalue weighted by Gasteiger charge is 2.24. The summed E-state index contributed by atoms with van der Waals surface area (Å²) in [6.07, 6.45) is 1.96. The molecule has 2 aromatic carbocycles. The summed E-state index contributed by atoms with van der Waals surface area (Å²) in [5.74, 6) is -1.51. The first-order chi connectivity index (χ1) is 11.5. The van der Waals surface area contributed by atoms with Gasteiger partial charge < -0.3 is 16.2 Å². The average Bonchev–Trinajstić information content (AvgIpc) is 2.61. The highest BCUT2D eigenvalue weighted by atomic mass is 32.2. The minimum absolute atomic E-state index is 0.162. The number of rotatable bonds is 7. The Morgan fingerprint density at radius 3 is 2.38 bits per heavy atom. The number of benzene rings is 2. The Morgan fingerprint density at radius 2 is 1.75 bits per heavy atom. The monoisotopic (exact) mass is 344 g/mol. The molecule has 0 aliphatic rings. The summed E-state index contributed by atoms with van der Waals surface area (Å²) in [5, 5.41) is 11.5. The van der Waals surface area contributed by atoms with E-state index < -0.39 is 17.9 Å². The molecule has 0 aliphatic carbocycles. The molecule has 2 atom stereocenters. The molecule has 4 N–H and O–H groups in total. The second-order valence-corrected chi connectivity index (χ2v) is 6.36. The number of thioether (sulfide) groups is 1. The van der Waals surface area contributed by atoms with Crippen LogP contribution in [0.15, 0.2) is 54.6 Å². The molecule has 0 spiro atoms. The van der Waals surface area contributed by atoms with E-state index in [0.29, 0.717) is 5.56 Å². The van der Waals surface area contributed by atoms with Crippen LogP contribution in [-0.2, 0) is 4.79 Å². The van der Waals surface area contributed by atoms with E-state index >= 15 is 0 Å². The van der Waals surface area contributed by atoms with E-state index in [1.165, 1.54) is 11.8 Å². The Balaban J connectivity index is 2.25. The van der Waals surface area contributed by atoms with E-state index in [9.17, 15) is 14.7 Å². The van der Waals surface area contributed by atoms with Crippen LogP contribution in [-0.4, -0.2) is 34.7 Å². The summed E-state index contributed by atoms with van der Waals surface area (Å²) in [6.45, 7) is 0. The molecule has 0 radical (unpaired) electrons. The number of carboxylic acid groups (broad SMARTS) is 1. The van der Waals surface area contributed by atoms with Gasteiger partial charge in [-0.2, -0.15) is 0 Å². The summed E-state index contributed by atoms with van der Waals surface area (Å²) in [4.78, 5) is 24.0. The molecule has 0 bridgehead atoms. The van der Waals surface area contributed by atoms with Gasteiger partial charge in [0.15, 0.2) is 0 Å². The number of carbonyl (C=O) groups is 2. The van der Waals surface area contributed by atoms with Gasteiger partial charge in [0, 0.05) is 12.0 Å². The topological polar surface area (TPSA) is 92.4 Å². The number of carboxylic acids is 1. The average molecular weight is 344 g/mol. The lowest BCUT2D eigenvalue weighted by molar-refractivity contribution is -0.139. The number of nitrogens with one attached hydrogen (secondary N) is 1. The molecule has 1 amide bonds. The first-order valence-electron chi connectivity index (χ1n) is 7.49. The SMILES string of the molecule is CSC(N)CC(NC(=O)c1ccccc1-c1ccccc1)C(=O)O. The normalized spacial score (nSPS) is 13.1. The van der Waals surface area contributed by atoms with Crippen LogP contribution in [0.1, 0.15) is 16.8 Å². The van der Waals surface area contributed by atoms with Gasteiger partial charge in [0.25, 0.3) is 5.91 Å². The zero-order valence-corrected chi connectivity index (χ0v) is 14.1. The molecular weight excluding hydrogens is 324 g/mol. The van der Waals surface area contributed by atoms with Gasteiger partial charge in [-0.15, -0.1) is 11.8 Å². The molecule has 2 aromatic rings. The van der Waals surface area contributed by atoms with Crippen LogP contribution >= 0.6 is 11.8 Å². The summed E-state index contributed by atoms with van der Waals surface area (Å²) < 4.78 is 0. The maximum Gasteiger partial charge on any atom is 0.326 e. The highest BCUT2D eigenvalue weighted by molar-refractivity contribution is 7.99. The summed E-state index contributed by atoms with van der Waals surface area (Å²) in [5.41, 5.74) is 7.89. The third kappa shape index (κ3) is 4.59. The molecular formula is C18H20N2O3S. The van der Waals surface area contributed by atoms with E-state index in [1.807, 2.05) is 42.5 Å². The van der Waals surface area contributed by atoms with Crippen LogP contribution in [0.3, 0.4) is 0 Å². The molecule has 0 saturated carbocycles. The molecule has 126 valence electrons.